The lowest BCUT2D eigenvalue weighted by Gasteiger charge is -2.09. The maximum absolute atomic E-state index is 12.3. The molecule has 0 aliphatic rings. The van der Waals surface area contributed by atoms with Crippen molar-refractivity contribution < 1.29 is 14.3 Å². The maximum atomic E-state index is 12.3. The molecular formula is C21H20N2O3. The average Bonchev–Trinajstić information content (AvgIpc) is 2.68. The second-order valence-corrected chi connectivity index (χ2v) is 5.54. The van der Waals surface area contributed by atoms with Crippen molar-refractivity contribution in [1.82, 2.24) is 4.98 Å². The zero-order valence-electron chi connectivity index (χ0n) is 14.7. The molecule has 0 aliphatic heterocycles. The van der Waals surface area contributed by atoms with Gasteiger partial charge in [-0.1, -0.05) is 12.1 Å². The Labute approximate surface area is 152 Å². The van der Waals surface area contributed by atoms with Crippen molar-refractivity contribution in [3.63, 3.8) is 0 Å². The zero-order chi connectivity index (χ0) is 18.4. The predicted molar refractivity (Wildman–Crippen MR) is 104 cm³/mol. The highest BCUT2D eigenvalue weighted by Gasteiger charge is 2.08. The molecule has 0 fully saturated rings. The Morgan fingerprint density at radius 2 is 1.96 bits per heavy atom. The first-order valence-corrected chi connectivity index (χ1v) is 8.35. The summed E-state index contributed by atoms with van der Waals surface area (Å²) in [5.74, 6) is 1.27. The molecule has 0 aliphatic carbocycles. The molecule has 1 amide bonds. The molecule has 0 unspecified atom stereocenters. The van der Waals surface area contributed by atoms with Gasteiger partial charge in [0.2, 0.25) is 5.91 Å². The van der Waals surface area contributed by atoms with Crippen LogP contribution in [-0.2, 0) is 4.79 Å². The predicted octanol–water partition coefficient (Wildman–Crippen LogP) is 4.29. The summed E-state index contributed by atoms with van der Waals surface area (Å²) in [6, 6.07) is 14.9. The molecule has 0 radical (unpaired) electrons. The van der Waals surface area contributed by atoms with E-state index < -0.39 is 0 Å². The van der Waals surface area contributed by atoms with Crippen LogP contribution in [0.3, 0.4) is 0 Å². The van der Waals surface area contributed by atoms with E-state index in [1.165, 1.54) is 6.08 Å². The van der Waals surface area contributed by atoms with Gasteiger partial charge in [-0.05, 0) is 55.0 Å². The molecule has 132 valence electrons. The summed E-state index contributed by atoms with van der Waals surface area (Å²) in [5, 5.41) is 3.72. The van der Waals surface area contributed by atoms with Crippen LogP contribution in [0.2, 0.25) is 0 Å². The van der Waals surface area contributed by atoms with Gasteiger partial charge in [-0.15, -0.1) is 0 Å². The van der Waals surface area contributed by atoms with E-state index >= 15 is 0 Å². The SMILES string of the molecule is CCOc1ccc(/C=C/C(=O)Nc2ccc(OC)c3ncccc23)cc1. The van der Waals surface area contributed by atoms with Crippen LogP contribution >= 0.6 is 0 Å². The number of rotatable bonds is 6. The third-order valence-corrected chi connectivity index (χ3v) is 3.83. The fourth-order valence-electron chi connectivity index (χ4n) is 2.61. The Balaban J connectivity index is 1.75. The van der Waals surface area contributed by atoms with Gasteiger partial charge in [0.05, 0.1) is 19.4 Å². The van der Waals surface area contributed by atoms with Crippen molar-refractivity contribution in [2.24, 2.45) is 0 Å². The van der Waals surface area contributed by atoms with Crippen LogP contribution in [-0.4, -0.2) is 24.6 Å². The molecule has 0 spiro atoms. The minimum Gasteiger partial charge on any atom is -0.494 e. The largest absolute Gasteiger partial charge is 0.494 e. The quantitative estimate of drug-likeness (QED) is 0.675. The number of anilines is 1. The Bertz CT molecular complexity index is 934. The smallest absolute Gasteiger partial charge is 0.248 e. The normalized spacial score (nSPS) is 10.8. The van der Waals surface area contributed by atoms with Gasteiger partial charge in [0.25, 0.3) is 0 Å². The highest BCUT2D eigenvalue weighted by molar-refractivity contribution is 6.07. The van der Waals surface area contributed by atoms with Crippen molar-refractivity contribution in [2.45, 2.75) is 6.92 Å². The first-order valence-electron chi connectivity index (χ1n) is 8.35. The Morgan fingerprint density at radius 3 is 2.69 bits per heavy atom. The summed E-state index contributed by atoms with van der Waals surface area (Å²) >= 11 is 0. The molecule has 0 saturated heterocycles. The lowest BCUT2D eigenvalue weighted by Crippen LogP contribution is -2.08. The molecule has 0 bridgehead atoms. The van der Waals surface area contributed by atoms with Gasteiger partial charge < -0.3 is 14.8 Å². The van der Waals surface area contributed by atoms with E-state index in [2.05, 4.69) is 10.3 Å². The molecule has 1 aromatic heterocycles. The second-order valence-electron chi connectivity index (χ2n) is 5.54. The summed E-state index contributed by atoms with van der Waals surface area (Å²) < 4.78 is 10.7. The van der Waals surface area contributed by atoms with Gasteiger partial charge in [-0.3, -0.25) is 9.78 Å². The van der Waals surface area contributed by atoms with Gasteiger partial charge in [-0.2, -0.15) is 0 Å². The molecule has 3 aromatic rings. The van der Waals surface area contributed by atoms with E-state index in [-0.39, 0.29) is 5.91 Å². The molecule has 2 aromatic carbocycles. The van der Waals surface area contributed by atoms with Crippen molar-refractivity contribution in [1.29, 1.82) is 0 Å². The number of ether oxygens (including phenoxy) is 2. The Morgan fingerprint density at radius 1 is 1.15 bits per heavy atom. The Kier molecular flexibility index (Phi) is 5.49. The number of nitrogens with zero attached hydrogens (tertiary/aromatic N) is 1. The summed E-state index contributed by atoms with van der Waals surface area (Å²) in [5.41, 5.74) is 2.32. The fourth-order valence-corrected chi connectivity index (χ4v) is 2.61. The first kappa shape index (κ1) is 17.5. The van der Waals surface area contributed by atoms with Gasteiger partial charge in [-0.25, -0.2) is 0 Å². The molecule has 1 heterocycles. The molecular weight excluding hydrogens is 328 g/mol. The highest BCUT2D eigenvalue weighted by atomic mass is 16.5. The number of nitrogens with one attached hydrogen (secondary N) is 1. The van der Waals surface area contributed by atoms with Crippen molar-refractivity contribution in [2.75, 3.05) is 19.0 Å². The van der Waals surface area contributed by atoms with Gasteiger partial charge in [0.15, 0.2) is 0 Å². The van der Waals surface area contributed by atoms with Crippen LogP contribution in [0.15, 0.2) is 60.8 Å². The minimum atomic E-state index is -0.214. The molecule has 3 rings (SSSR count). The number of amides is 1. The molecule has 5 nitrogen and oxygen atoms in total. The average molecular weight is 348 g/mol. The number of pyridine rings is 1. The van der Waals surface area contributed by atoms with E-state index in [0.29, 0.717) is 23.6 Å². The molecule has 1 N–H and O–H groups in total. The first-order chi connectivity index (χ1) is 12.7. The standard InChI is InChI=1S/C21H20N2O3/c1-3-26-16-9-6-15(7-10-16)8-13-20(24)23-18-11-12-19(25-2)21-17(18)5-4-14-22-21/h4-14H,3H2,1-2H3,(H,23,24)/b13-8+. The van der Waals surface area contributed by atoms with Crippen LogP contribution in [0.25, 0.3) is 17.0 Å². The van der Waals surface area contributed by atoms with Crippen LogP contribution in [0.4, 0.5) is 5.69 Å². The number of carbonyl (C=O) groups is 1. The number of aromatic nitrogens is 1. The number of carbonyl (C=O) groups excluding carboxylic acids is 1. The van der Waals surface area contributed by atoms with Crippen molar-refractivity contribution in [3.8, 4) is 11.5 Å². The van der Waals surface area contributed by atoms with E-state index in [9.17, 15) is 4.79 Å². The van der Waals surface area contributed by atoms with Crippen LogP contribution in [0.5, 0.6) is 11.5 Å². The minimum absolute atomic E-state index is 0.214. The molecule has 0 atom stereocenters. The molecule has 5 heteroatoms. The van der Waals surface area contributed by atoms with E-state index in [1.807, 2.05) is 49.4 Å². The lowest BCUT2D eigenvalue weighted by molar-refractivity contribution is -0.111. The number of fused-ring (bicyclic) bond motifs is 1. The number of hydrogen-bond acceptors (Lipinski definition) is 4. The van der Waals surface area contributed by atoms with Gasteiger partial charge in [0.1, 0.15) is 17.0 Å². The zero-order valence-corrected chi connectivity index (χ0v) is 14.7. The van der Waals surface area contributed by atoms with Crippen molar-refractivity contribution in [3.05, 3.63) is 66.4 Å². The topological polar surface area (TPSA) is 60.5 Å². The number of hydrogen-bond donors (Lipinski definition) is 1. The van der Waals surface area contributed by atoms with E-state index in [1.54, 1.807) is 25.4 Å². The third kappa shape index (κ3) is 4.00. The summed E-state index contributed by atoms with van der Waals surface area (Å²) in [6.45, 7) is 2.57. The highest BCUT2D eigenvalue weighted by Crippen LogP contribution is 2.29. The van der Waals surface area contributed by atoms with Crippen molar-refractivity contribution >= 4 is 28.6 Å². The van der Waals surface area contributed by atoms with Gasteiger partial charge >= 0.3 is 0 Å². The summed E-state index contributed by atoms with van der Waals surface area (Å²) in [4.78, 5) is 16.6. The lowest BCUT2D eigenvalue weighted by atomic mass is 10.1. The van der Waals surface area contributed by atoms with Crippen LogP contribution < -0.4 is 14.8 Å². The van der Waals surface area contributed by atoms with E-state index in [4.69, 9.17) is 9.47 Å². The number of methoxy groups -OCH3 is 1. The van der Waals surface area contributed by atoms with E-state index in [0.717, 1.165) is 16.7 Å². The number of benzene rings is 2. The maximum Gasteiger partial charge on any atom is 0.248 e. The monoisotopic (exact) mass is 348 g/mol. The van der Waals surface area contributed by atoms with Gasteiger partial charge in [0, 0.05) is 17.7 Å². The molecule has 0 saturated carbocycles. The van der Waals surface area contributed by atoms with Crippen LogP contribution in [0, 0.1) is 0 Å². The Hall–Kier alpha value is -3.34. The summed E-state index contributed by atoms with van der Waals surface area (Å²) in [7, 11) is 1.60. The van der Waals surface area contributed by atoms with Crippen LogP contribution in [0.1, 0.15) is 12.5 Å². The molecule has 26 heavy (non-hydrogen) atoms. The second kappa shape index (κ2) is 8.16. The fraction of sp³-hybridized carbons (Fsp3) is 0.143. The summed E-state index contributed by atoms with van der Waals surface area (Å²) in [6.07, 6.45) is 4.96. The third-order valence-electron chi connectivity index (χ3n) is 3.83.